The Morgan fingerprint density at radius 3 is 2.09 bits per heavy atom. The molecule has 0 aliphatic rings. The minimum absolute atomic E-state index is 0. The summed E-state index contributed by atoms with van der Waals surface area (Å²) in [6, 6.07) is 0. The zero-order chi connectivity index (χ0) is 8.15. The molecule has 0 bridgehead atoms. The van der Waals surface area contributed by atoms with Crippen LogP contribution in [0.5, 0.6) is 0 Å². The van der Waals surface area contributed by atoms with E-state index in [1.807, 2.05) is 6.92 Å². The van der Waals surface area contributed by atoms with Crippen molar-refractivity contribution in [1.29, 1.82) is 0 Å². The van der Waals surface area contributed by atoms with Crippen LogP contribution >= 0.6 is 12.4 Å². The SMILES string of the molecule is CCCC(N)=C(C)C(N)=O.Cl. The predicted octanol–water partition coefficient (Wildman–Crippen LogP) is 0.926. The molecule has 0 aromatic rings. The van der Waals surface area contributed by atoms with E-state index >= 15 is 0 Å². The van der Waals surface area contributed by atoms with Crippen molar-refractivity contribution in [2.45, 2.75) is 26.7 Å². The van der Waals surface area contributed by atoms with Crippen molar-refractivity contribution in [2.75, 3.05) is 0 Å². The van der Waals surface area contributed by atoms with Crippen molar-refractivity contribution in [1.82, 2.24) is 0 Å². The molecule has 4 N–H and O–H groups in total. The number of carbonyl (C=O) groups is 1. The fourth-order valence-corrected chi connectivity index (χ4v) is 0.615. The highest BCUT2D eigenvalue weighted by molar-refractivity contribution is 5.91. The highest BCUT2D eigenvalue weighted by Gasteiger charge is 2.01. The van der Waals surface area contributed by atoms with Gasteiger partial charge in [0.2, 0.25) is 5.91 Å². The summed E-state index contributed by atoms with van der Waals surface area (Å²) in [6.45, 7) is 3.65. The van der Waals surface area contributed by atoms with Crippen molar-refractivity contribution in [3.8, 4) is 0 Å². The Morgan fingerprint density at radius 2 is 1.82 bits per heavy atom. The lowest BCUT2D eigenvalue weighted by molar-refractivity contribution is -0.114. The summed E-state index contributed by atoms with van der Waals surface area (Å²) in [7, 11) is 0. The first-order valence-corrected chi connectivity index (χ1v) is 3.34. The Morgan fingerprint density at radius 1 is 1.36 bits per heavy atom. The maximum absolute atomic E-state index is 10.5. The summed E-state index contributed by atoms with van der Waals surface area (Å²) in [5.41, 5.74) is 11.6. The molecule has 0 rings (SSSR count). The fraction of sp³-hybridized carbons (Fsp3) is 0.571. The highest BCUT2D eigenvalue weighted by atomic mass is 35.5. The van der Waals surface area contributed by atoms with E-state index < -0.39 is 5.91 Å². The second-order valence-electron chi connectivity index (χ2n) is 2.26. The van der Waals surface area contributed by atoms with Gasteiger partial charge in [0.25, 0.3) is 0 Å². The third kappa shape index (κ3) is 4.67. The number of primary amides is 1. The van der Waals surface area contributed by atoms with Gasteiger partial charge in [0.05, 0.1) is 0 Å². The molecule has 3 nitrogen and oxygen atoms in total. The largest absolute Gasteiger partial charge is 0.402 e. The molecule has 0 aliphatic heterocycles. The molecule has 0 atom stereocenters. The molecule has 4 heteroatoms. The minimum Gasteiger partial charge on any atom is -0.402 e. The number of halogens is 1. The van der Waals surface area contributed by atoms with E-state index in [4.69, 9.17) is 11.5 Å². The summed E-state index contributed by atoms with van der Waals surface area (Å²) in [6.07, 6.45) is 1.69. The smallest absolute Gasteiger partial charge is 0.246 e. The van der Waals surface area contributed by atoms with Crippen LogP contribution in [0, 0.1) is 0 Å². The summed E-state index contributed by atoms with van der Waals surface area (Å²) in [5.74, 6) is -0.425. The Labute approximate surface area is 73.2 Å². The van der Waals surface area contributed by atoms with Crippen molar-refractivity contribution < 1.29 is 4.79 Å². The van der Waals surface area contributed by atoms with E-state index in [0.29, 0.717) is 11.3 Å². The zero-order valence-electron chi connectivity index (χ0n) is 6.89. The first-order chi connectivity index (χ1) is 4.59. The first-order valence-electron chi connectivity index (χ1n) is 3.34. The van der Waals surface area contributed by atoms with Crippen molar-refractivity contribution in [2.24, 2.45) is 11.5 Å². The topological polar surface area (TPSA) is 69.1 Å². The molecule has 0 spiro atoms. The van der Waals surface area contributed by atoms with Gasteiger partial charge in [-0.3, -0.25) is 4.79 Å². The molecular weight excluding hydrogens is 164 g/mol. The molecule has 0 unspecified atom stereocenters. The van der Waals surface area contributed by atoms with Gasteiger partial charge < -0.3 is 11.5 Å². The summed E-state index contributed by atoms with van der Waals surface area (Å²) < 4.78 is 0. The van der Waals surface area contributed by atoms with Gasteiger partial charge in [-0.1, -0.05) is 13.3 Å². The lowest BCUT2D eigenvalue weighted by Gasteiger charge is -2.01. The number of hydrogen-bond acceptors (Lipinski definition) is 2. The van der Waals surface area contributed by atoms with Gasteiger partial charge in [-0.2, -0.15) is 0 Å². The number of amides is 1. The summed E-state index contributed by atoms with van der Waals surface area (Å²) in [5, 5.41) is 0. The van der Waals surface area contributed by atoms with Crippen LogP contribution in [0.1, 0.15) is 26.7 Å². The lowest BCUT2D eigenvalue weighted by Crippen LogP contribution is -2.16. The van der Waals surface area contributed by atoms with E-state index in [1.54, 1.807) is 6.92 Å². The monoisotopic (exact) mass is 178 g/mol. The standard InChI is InChI=1S/C7H14N2O.ClH/c1-3-4-6(8)5(2)7(9)10;/h3-4,8H2,1-2H3,(H2,9,10);1H. The van der Waals surface area contributed by atoms with E-state index in [0.717, 1.165) is 12.8 Å². The van der Waals surface area contributed by atoms with Gasteiger partial charge in [0.15, 0.2) is 0 Å². The Bertz CT molecular complexity index is 166. The normalized spacial score (nSPS) is 11.5. The molecular formula is C7H15ClN2O. The molecule has 0 saturated heterocycles. The Kier molecular flexibility index (Phi) is 7.10. The summed E-state index contributed by atoms with van der Waals surface area (Å²) in [4.78, 5) is 10.5. The van der Waals surface area contributed by atoms with Gasteiger partial charge in [0, 0.05) is 11.3 Å². The quantitative estimate of drug-likeness (QED) is 0.632. The summed E-state index contributed by atoms with van der Waals surface area (Å²) >= 11 is 0. The van der Waals surface area contributed by atoms with Crippen LogP contribution in [-0.4, -0.2) is 5.91 Å². The maximum atomic E-state index is 10.5. The van der Waals surface area contributed by atoms with Crippen LogP contribution in [0.15, 0.2) is 11.3 Å². The molecule has 66 valence electrons. The molecule has 0 aromatic heterocycles. The third-order valence-electron chi connectivity index (χ3n) is 1.37. The number of rotatable bonds is 3. The third-order valence-corrected chi connectivity index (χ3v) is 1.37. The fourth-order valence-electron chi connectivity index (χ4n) is 0.615. The lowest BCUT2D eigenvalue weighted by atomic mass is 10.1. The predicted molar refractivity (Wildman–Crippen MR) is 48.2 cm³/mol. The number of carbonyl (C=O) groups excluding carboxylic acids is 1. The molecule has 0 saturated carbocycles. The van der Waals surface area contributed by atoms with E-state index in [1.165, 1.54) is 0 Å². The highest BCUT2D eigenvalue weighted by Crippen LogP contribution is 2.03. The van der Waals surface area contributed by atoms with E-state index in [9.17, 15) is 4.79 Å². The molecule has 1 amide bonds. The van der Waals surface area contributed by atoms with Crippen LogP contribution in [0.25, 0.3) is 0 Å². The van der Waals surface area contributed by atoms with E-state index in [2.05, 4.69) is 0 Å². The number of allylic oxidation sites excluding steroid dienone is 1. The second-order valence-corrected chi connectivity index (χ2v) is 2.26. The zero-order valence-corrected chi connectivity index (χ0v) is 7.70. The van der Waals surface area contributed by atoms with Crippen LogP contribution in [-0.2, 0) is 4.79 Å². The molecule has 0 aliphatic carbocycles. The van der Waals surface area contributed by atoms with E-state index in [-0.39, 0.29) is 12.4 Å². The van der Waals surface area contributed by atoms with Crippen molar-refractivity contribution in [3.05, 3.63) is 11.3 Å². The van der Waals surface area contributed by atoms with Crippen LogP contribution in [0.3, 0.4) is 0 Å². The van der Waals surface area contributed by atoms with Gasteiger partial charge in [-0.15, -0.1) is 12.4 Å². The Hall–Kier alpha value is -0.700. The van der Waals surface area contributed by atoms with Gasteiger partial charge in [-0.25, -0.2) is 0 Å². The average Bonchev–Trinajstić information content (AvgIpc) is 1.87. The average molecular weight is 179 g/mol. The van der Waals surface area contributed by atoms with Crippen LogP contribution in [0.2, 0.25) is 0 Å². The minimum atomic E-state index is -0.425. The molecule has 0 fully saturated rings. The Balaban J connectivity index is 0. The van der Waals surface area contributed by atoms with Crippen LogP contribution < -0.4 is 11.5 Å². The first kappa shape index (κ1) is 12.9. The molecule has 0 radical (unpaired) electrons. The van der Waals surface area contributed by atoms with Gasteiger partial charge in [-0.05, 0) is 13.3 Å². The maximum Gasteiger partial charge on any atom is 0.246 e. The molecule has 0 heterocycles. The number of nitrogens with two attached hydrogens (primary N) is 2. The van der Waals surface area contributed by atoms with Crippen LogP contribution in [0.4, 0.5) is 0 Å². The van der Waals surface area contributed by atoms with Gasteiger partial charge in [0.1, 0.15) is 0 Å². The number of hydrogen-bond donors (Lipinski definition) is 2. The molecule has 11 heavy (non-hydrogen) atoms. The molecule has 0 aromatic carbocycles. The van der Waals surface area contributed by atoms with Crippen molar-refractivity contribution >= 4 is 18.3 Å². The second kappa shape index (κ2) is 6.04. The van der Waals surface area contributed by atoms with Gasteiger partial charge >= 0.3 is 0 Å². The van der Waals surface area contributed by atoms with Crippen molar-refractivity contribution in [3.63, 3.8) is 0 Å².